The maximum absolute atomic E-state index is 13.2. The standard InChI is InChI=1S/C20H22O5/c1-8-5-6-11-12(10(3)16(22)23-11)14-13(8)20-15(21)9(2)7-19(20,25-20)17-18(14,4)24-17/h9,11,13-14,17H,1,5-7H2,2-4H3/t9-,11+,13-,14-,17-,18-,19-,20-/m0/s1. The van der Waals surface area contributed by atoms with E-state index >= 15 is 0 Å². The van der Waals surface area contributed by atoms with E-state index in [0.717, 1.165) is 30.4 Å². The van der Waals surface area contributed by atoms with E-state index in [2.05, 4.69) is 13.5 Å². The van der Waals surface area contributed by atoms with Gasteiger partial charge in [0, 0.05) is 23.3 Å². The van der Waals surface area contributed by atoms with E-state index in [1.807, 2.05) is 13.8 Å². The van der Waals surface area contributed by atoms with Crippen LogP contribution in [0.2, 0.25) is 0 Å². The van der Waals surface area contributed by atoms with Gasteiger partial charge in [-0.1, -0.05) is 19.1 Å². The van der Waals surface area contributed by atoms with Gasteiger partial charge in [-0.3, -0.25) is 4.79 Å². The lowest BCUT2D eigenvalue weighted by atomic mass is 9.59. The fraction of sp³-hybridized carbons (Fsp3) is 0.700. The van der Waals surface area contributed by atoms with Crippen molar-refractivity contribution in [3.8, 4) is 0 Å². The van der Waals surface area contributed by atoms with E-state index in [9.17, 15) is 9.59 Å². The van der Waals surface area contributed by atoms with Crippen LogP contribution in [0.1, 0.15) is 40.0 Å². The molecule has 6 aliphatic rings. The summed E-state index contributed by atoms with van der Waals surface area (Å²) in [6, 6.07) is 0. The van der Waals surface area contributed by atoms with E-state index in [-0.39, 0.29) is 41.7 Å². The second-order valence-electron chi connectivity index (χ2n) is 9.00. The van der Waals surface area contributed by atoms with E-state index in [1.54, 1.807) is 0 Å². The highest BCUT2D eigenvalue weighted by Gasteiger charge is 2.95. The molecule has 5 nitrogen and oxygen atoms in total. The summed E-state index contributed by atoms with van der Waals surface area (Å²) < 4.78 is 18.2. The second kappa shape index (κ2) is 3.79. The zero-order chi connectivity index (χ0) is 17.5. The van der Waals surface area contributed by atoms with Crippen molar-refractivity contribution in [2.45, 2.75) is 69.0 Å². The van der Waals surface area contributed by atoms with Crippen molar-refractivity contribution in [3.63, 3.8) is 0 Å². The van der Waals surface area contributed by atoms with Gasteiger partial charge in [0.25, 0.3) is 0 Å². The number of ketones is 1. The molecule has 0 aromatic rings. The molecule has 0 radical (unpaired) electrons. The summed E-state index contributed by atoms with van der Waals surface area (Å²) in [4.78, 5) is 25.4. The van der Waals surface area contributed by atoms with E-state index in [1.165, 1.54) is 0 Å². The number of rotatable bonds is 0. The fourth-order valence-corrected chi connectivity index (χ4v) is 6.81. The number of esters is 1. The van der Waals surface area contributed by atoms with Crippen molar-refractivity contribution in [2.24, 2.45) is 17.8 Å². The van der Waals surface area contributed by atoms with Crippen LogP contribution in [0.25, 0.3) is 0 Å². The molecule has 5 fully saturated rings. The summed E-state index contributed by atoms with van der Waals surface area (Å²) >= 11 is 0. The average Bonchev–Trinajstić information content (AvgIpc) is 3.39. The summed E-state index contributed by atoms with van der Waals surface area (Å²) in [6.45, 7) is 10.3. The Balaban J connectivity index is 1.60. The number of ether oxygens (including phenoxy) is 3. The monoisotopic (exact) mass is 342 g/mol. The van der Waals surface area contributed by atoms with Gasteiger partial charge in [0.2, 0.25) is 0 Å². The van der Waals surface area contributed by atoms with Gasteiger partial charge in [0.1, 0.15) is 23.4 Å². The van der Waals surface area contributed by atoms with Crippen LogP contribution in [-0.4, -0.2) is 40.8 Å². The Labute approximate surface area is 146 Å². The van der Waals surface area contributed by atoms with Gasteiger partial charge in [-0.2, -0.15) is 0 Å². The Morgan fingerprint density at radius 3 is 2.76 bits per heavy atom. The van der Waals surface area contributed by atoms with Crippen LogP contribution in [0.5, 0.6) is 0 Å². The molecule has 0 amide bonds. The minimum absolute atomic E-state index is 0.00987. The Kier molecular flexibility index (Phi) is 2.23. The third-order valence-electron chi connectivity index (χ3n) is 7.84. The first-order valence-corrected chi connectivity index (χ1v) is 9.29. The van der Waals surface area contributed by atoms with Gasteiger partial charge >= 0.3 is 5.97 Å². The van der Waals surface area contributed by atoms with E-state index in [4.69, 9.17) is 14.2 Å². The number of hydrogen-bond acceptors (Lipinski definition) is 5. The third kappa shape index (κ3) is 1.27. The second-order valence-corrected chi connectivity index (χ2v) is 9.00. The minimum atomic E-state index is -0.789. The largest absolute Gasteiger partial charge is 0.454 e. The van der Waals surface area contributed by atoms with E-state index in [0.29, 0.717) is 5.57 Å². The Hall–Kier alpha value is -1.46. The van der Waals surface area contributed by atoms with Crippen LogP contribution >= 0.6 is 0 Å². The molecule has 3 saturated carbocycles. The summed E-state index contributed by atoms with van der Waals surface area (Å²) in [7, 11) is 0. The smallest absolute Gasteiger partial charge is 0.334 e. The van der Waals surface area contributed by atoms with Gasteiger partial charge in [-0.15, -0.1) is 0 Å². The molecule has 132 valence electrons. The highest BCUT2D eigenvalue weighted by molar-refractivity contribution is 5.99. The van der Waals surface area contributed by atoms with Crippen molar-refractivity contribution >= 4 is 11.8 Å². The summed E-state index contributed by atoms with van der Waals surface area (Å²) in [5, 5.41) is 0. The average molecular weight is 342 g/mol. The molecule has 5 heteroatoms. The first kappa shape index (κ1) is 14.7. The van der Waals surface area contributed by atoms with Crippen molar-refractivity contribution in [1.29, 1.82) is 0 Å². The molecular formula is C20H22O5. The number of Topliss-reactive ketones (excluding diaryl/α,β-unsaturated/α-hetero) is 1. The number of epoxide rings is 2. The number of carbonyl (C=O) groups excluding carboxylic acids is 2. The Bertz CT molecular complexity index is 826. The van der Waals surface area contributed by atoms with Crippen LogP contribution in [0.3, 0.4) is 0 Å². The molecule has 8 atom stereocenters. The minimum Gasteiger partial charge on any atom is -0.454 e. The van der Waals surface area contributed by atoms with Crippen molar-refractivity contribution in [3.05, 3.63) is 23.3 Å². The predicted octanol–water partition coefficient (Wildman–Crippen LogP) is 2.10. The van der Waals surface area contributed by atoms with Crippen LogP contribution < -0.4 is 0 Å². The van der Waals surface area contributed by atoms with E-state index < -0.39 is 16.8 Å². The van der Waals surface area contributed by atoms with Gasteiger partial charge in [-0.25, -0.2) is 4.79 Å². The zero-order valence-electron chi connectivity index (χ0n) is 14.8. The molecule has 3 heterocycles. The quantitative estimate of drug-likeness (QED) is 0.383. The highest BCUT2D eigenvalue weighted by atomic mass is 16.7. The lowest BCUT2D eigenvalue weighted by molar-refractivity contribution is -0.140. The SMILES string of the molecule is C=C1CC[C@H]2OC(=O)C(C)=C2[C@H]2[C@H]1[C@@]13O[C@@]1(C[C@H](C)C3=O)[C@H]1O[C@@]21C. The molecule has 6 rings (SSSR count). The Morgan fingerprint density at radius 1 is 1.24 bits per heavy atom. The van der Waals surface area contributed by atoms with Crippen molar-refractivity contribution < 1.29 is 23.8 Å². The number of fused-ring (bicyclic) bond motifs is 5. The normalized spacial score (nSPS) is 57.9. The topological polar surface area (TPSA) is 68.4 Å². The van der Waals surface area contributed by atoms with Crippen molar-refractivity contribution in [2.75, 3.05) is 0 Å². The van der Waals surface area contributed by atoms with Gasteiger partial charge in [0.15, 0.2) is 11.4 Å². The Morgan fingerprint density at radius 2 is 2.00 bits per heavy atom. The first-order chi connectivity index (χ1) is 11.8. The summed E-state index contributed by atoms with van der Waals surface area (Å²) in [5.74, 6) is -0.219. The number of carbonyl (C=O) groups is 2. The maximum Gasteiger partial charge on any atom is 0.334 e. The molecule has 0 unspecified atom stereocenters. The molecule has 0 aromatic carbocycles. The summed E-state index contributed by atoms with van der Waals surface area (Å²) in [5.41, 5.74) is 1.11. The highest BCUT2D eigenvalue weighted by Crippen LogP contribution is 2.79. The molecule has 25 heavy (non-hydrogen) atoms. The fourth-order valence-electron chi connectivity index (χ4n) is 6.81. The molecule has 0 bridgehead atoms. The lowest BCUT2D eigenvalue weighted by Crippen LogP contribution is -2.53. The van der Waals surface area contributed by atoms with Crippen LogP contribution in [0.15, 0.2) is 23.3 Å². The molecule has 0 N–H and O–H groups in total. The zero-order valence-corrected chi connectivity index (χ0v) is 14.8. The van der Waals surface area contributed by atoms with Gasteiger partial charge in [-0.05, 0) is 38.7 Å². The molecule has 3 aliphatic carbocycles. The van der Waals surface area contributed by atoms with Gasteiger partial charge < -0.3 is 14.2 Å². The molecule has 3 aliphatic heterocycles. The predicted molar refractivity (Wildman–Crippen MR) is 86.5 cm³/mol. The first-order valence-electron chi connectivity index (χ1n) is 9.29. The molecule has 0 aromatic heterocycles. The van der Waals surface area contributed by atoms with Gasteiger partial charge in [0.05, 0.1) is 0 Å². The van der Waals surface area contributed by atoms with Crippen LogP contribution in [0.4, 0.5) is 0 Å². The number of hydrogen-bond donors (Lipinski definition) is 0. The van der Waals surface area contributed by atoms with Crippen molar-refractivity contribution in [1.82, 2.24) is 0 Å². The molecule has 0 spiro atoms. The lowest BCUT2D eigenvalue weighted by Gasteiger charge is -2.38. The molecule has 2 saturated heterocycles. The van der Waals surface area contributed by atoms with Crippen LogP contribution in [-0.2, 0) is 23.8 Å². The van der Waals surface area contributed by atoms with Crippen LogP contribution in [0, 0.1) is 17.8 Å². The maximum atomic E-state index is 13.2. The summed E-state index contributed by atoms with van der Waals surface area (Å²) in [6.07, 6.45) is 1.94. The molecular weight excluding hydrogens is 320 g/mol. The third-order valence-corrected chi connectivity index (χ3v) is 7.84.